The number of halogens is 1. The number of amides is 1. The van der Waals surface area contributed by atoms with Crippen LogP contribution in [0.4, 0.5) is 0 Å². The van der Waals surface area contributed by atoms with Gasteiger partial charge in [0.2, 0.25) is 0 Å². The Morgan fingerprint density at radius 1 is 1.22 bits per heavy atom. The Hall–Kier alpha value is -2.86. The average molecular weight is 386 g/mol. The fourth-order valence-corrected chi connectivity index (χ4v) is 3.17. The van der Waals surface area contributed by atoms with Gasteiger partial charge in [0.15, 0.2) is 5.69 Å². The third-order valence-electron chi connectivity index (χ3n) is 4.63. The first-order chi connectivity index (χ1) is 12.9. The molecule has 1 heterocycles. The Kier molecular flexibility index (Phi) is 5.46. The minimum atomic E-state index is -0.966. The summed E-state index contributed by atoms with van der Waals surface area (Å²) in [6, 6.07) is 13.8. The predicted octanol–water partition coefficient (Wildman–Crippen LogP) is 3.21. The van der Waals surface area contributed by atoms with Crippen LogP contribution in [-0.2, 0) is 18.3 Å². The van der Waals surface area contributed by atoms with E-state index >= 15 is 0 Å². The van der Waals surface area contributed by atoms with E-state index in [-0.39, 0.29) is 17.3 Å². The van der Waals surface area contributed by atoms with Crippen LogP contribution >= 0.6 is 11.6 Å². The minimum Gasteiger partial charge on any atom is -0.481 e. The van der Waals surface area contributed by atoms with Crippen LogP contribution in [0.15, 0.2) is 42.5 Å². The Balaban J connectivity index is 1.70. The number of carbonyl (C=O) groups excluding carboxylic acids is 1. The fraction of sp³-hybridized carbons (Fsp3) is 0.250. The van der Waals surface area contributed by atoms with E-state index < -0.39 is 17.8 Å². The summed E-state index contributed by atoms with van der Waals surface area (Å²) in [5, 5.41) is 18.7. The molecule has 0 saturated heterocycles. The number of carbonyl (C=O) groups is 2. The average Bonchev–Trinajstić information content (AvgIpc) is 2.92. The van der Waals surface area contributed by atoms with Gasteiger partial charge in [0.1, 0.15) is 0 Å². The molecule has 0 fully saturated rings. The number of aromatic nitrogens is 2. The van der Waals surface area contributed by atoms with Crippen LogP contribution in [0.25, 0.3) is 10.8 Å². The van der Waals surface area contributed by atoms with E-state index in [1.807, 2.05) is 42.5 Å². The molecule has 1 amide bonds. The zero-order chi connectivity index (χ0) is 19.6. The molecule has 0 radical (unpaired) electrons. The third kappa shape index (κ3) is 4.11. The smallest absolute Gasteiger partial charge is 0.308 e. The molecule has 2 N–H and O–H groups in total. The van der Waals surface area contributed by atoms with Gasteiger partial charge in [-0.2, -0.15) is 5.10 Å². The number of hydrogen-bond donors (Lipinski definition) is 2. The highest BCUT2D eigenvalue weighted by molar-refractivity contribution is 6.34. The maximum atomic E-state index is 12.3. The molecule has 2 aromatic carbocycles. The van der Waals surface area contributed by atoms with Crippen molar-refractivity contribution in [3.8, 4) is 0 Å². The van der Waals surface area contributed by atoms with Crippen LogP contribution < -0.4 is 5.32 Å². The highest BCUT2D eigenvalue weighted by Crippen LogP contribution is 2.20. The van der Waals surface area contributed by atoms with E-state index in [2.05, 4.69) is 10.4 Å². The van der Waals surface area contributed by atoms with Crippen LogP contribution in [0, 0.1) is 12.8 Å². The lowest BCUT2D eigenvalue weighted by Gasteiger charge is -2.14. The van der Waals surface area contributed by atoms with Crippen LogP contribution in [0.5, 0.6) is 0 Å². The summed E-state index contributed by atoms with van der Waals surface area (Å²) in [4.78, 5) is 24.0. The number of carboxylic acids is 1. The number of nitrogens with zero attached hydrogens (tertiary/aromatic N) is 2. The zero-order valence-electron chi connectivity index (χ0n) is 15.1. The molecular formula is C20H20ClN3O3. The molecule has 27 heavy (non-hydrogen) atoms. The van der Waals surface area contributed by atoms with Gasteiger partial charge in [0, 0.05) is 13.6 Å². The molecule has 7 heteroatoms. The molecule has 1 aromatic heterocycles. The highest BCUT2D eigenvalue weighted by Gasteiger charge is 2.22. The van der Waals surface area contributed by atoms with Gasteiger partial charge in [-0.05, 0) is 29.7 Å². The second-order valence-electron chi connectivity index (χ2n) is 6.50. The van der Waals surface area contributed by atoms with Crippen molar-refractivity contribution in [2.24, 2.45) is 13.0 Å². The number of carboxylic acid groups (broad SMARTS) is 1. The van der Waals surface area contributed by atoms with Crippen molar-refractivity contribution < 1.29 is 14.7 Å². The standard InChI is InChI=1S/C20H20ClN3O3/c1-12-17(21)18(23-24(12)2)19(25)22-11-16(20(26)27)10-13-7-8-14-5-3-4-6-15(14)9-13/h3-9,16H,10-11H2,1-2H3,(H,22,25)(H,26,27). The van der Waals surface area contributed by atoms with E-state index in [1.165, 1.54) is 4.68 Å². The Labute approximate surface area is 161 Å². The van der Waals surface area contributed by atoms with Crippen molar-refractivity contribution in [2.75, 3.05) is 6.54 Å². The molecule has 1 unspecified atom stereocenters. The number of aryl methyl sites for hydroxylation is 1. The summed E-state index contributed by atoms with van der Waals surface area (Å²) < 4.78 is 1.51. The van der Waals surface area contributed by atoms with Crippen molar-refractivity contribution in [1.29, 1.82) is 0 Å². The van der Waals surface area contributed by atoms with E-state index in [4.69, 9.17) is 11.6 Å². The highest BCUT2D eigenvalue weighted by atomic mass is 35.5. The Bertz CT molecular complexity index is 1010. The van der Waals surface area contributed by atoms with Gasteiger partial charge in [0.05, 0.1) is 16.6 Å². The quantitative estimate of drug-likeness (QED) is 0.682. The van der Waals surface area contributed by atoms with E-state index in [1.54, 1.807) is 14.0 Å². The first-order valence-corrected chi connectivity index (χ1v) is 8.92. The summed E-state index contributed by atoms with van der Waals surface area (Å²) in [5.74, 6) is -2.20. The molecule has 0 aliphatic rings. The van der Waals surface area contributed by atoms with Crippen molar-refractivity contribution in [1.82, 2.24) is 15.1 Å². The number of benzene rings is 2. The van der Waals surface area contributed by atoms with Crippen molar-refractivity contribution in [2.45, 2.75) is 13.3 Å². The molecular weight excluding hydrogens is 366 g/mol. The van der Waals surface area contributed by atoms with Gasteiger partial charge in [-0.15, -0.1) is 0 Å². The molecule has 0 aliphatic heterocycles. The van der Waals surface area contributed by atoms with Gasteiger partial charge >= 0.3 is 5.97 Å². The van der Waals surface area contributed by atoms with Gasteiger partial charge in [0.25, 0.3) is 5.91 Å². The fourth-order valence-electron chi connectivity index (χ4n) is 2.92. The third-order valence-corrected chi connectivity index (χ3v) is 5.08. The first kappa shape index (κ1) is 18.9. The summed E-state index contributed by atoms with van der Waals surface area (Å²) in [6.07, 6.45) is 0.315. The monoisotopic (exact) mass is 385 g/mol. The van der Waals surface area contributed by atoms with Crippen LogP contribution in [0.2, 0.25) is 5.02 Å². The SMILES string of the molecule is Cc1c(Cl)c(C(=O)NCC(Cc2ccc3ccccc3c2)C(=O)O)nn1C. The van der Waals surface area contributed by atoms with Crippen molar-refractivity contribution >= 4 is 34.2 Å². The lowest BCUT2D eigenvalue weighted by atomic mass is 9.97. The minimum absolute atomic E-state index is 0.00700. The van der Waals surface area contributed by atoms with Crippen LogP contribution in [-0.4, -0.2) is 33.3 Å². The number of aliphatic carboxylic acids is 1. The summed E-state index contributed by atoms with van der Waals surface area (Å²) in [7, 11) is 1.69. The van der Waals surface area contributed by atoms with Crippen LogP contribution in [0.3, 0.4) is 0 Å². The number of nitrogens with one attached hydrogen (secondary N) is 1. The van der Waals surface area contributed by atoms with Gasteiger partial charge in [-0.1, -0.05) is 54.1 Å². The molecule has 6 nitrogen and oxygen atoms in total. The summed E-state index contributed by atoms with van der Waals surface area (Å²) >= 11 is 6.11. The van der Waals surface area contributed by atoms with E-state index in [9.17, 15) is 14.7 Å². The number of hydrogen-bond acceptors (Lipinski definition) is 3. The van der Waals surface area contributed by atoms with E-state index in [0.717, 1.165) is 16.3 Å². The van der Waals surface area contributed by atoms with Gasteiger partial charge < -0.3 is 10.4 Å². The molecule has 140 valence electrons. The lowest BCUT2D eigenvalue weighted by molar-refractivity contribution is -0.141. The number of fused-ring (bicyclic) bond motifs is 1. The zero-order valence-corrected chi connectivity index (χ0v) is 15.8. The normalized spacial score (nSPS) is 12.1. The van der Waals surface area contributed by atoms with E-state index in [0.29, 0.717) is 12.1 Å². The van der Waals surface area contributed by atoms with Crippen LogP contribution in [0.1, 0.15) is 21.7 Å². The molecule has 0 aliphatic carbocycles. The maximum absolute atomic E-state index is 12.3. The van der Waals surface area contributed by atoms with Gasteiger partial charge in [-0.25, -0.2) is 0 Å². The molecule has 3 rings (SSSR count). The second kappa shape index (κ2) is 7.80. The van der Waals surface area contributed by atoms with Crippen molar-refractivity contribution in [3.05, 3.63) is 64.4 Å². The molecule has 3 aromatic rings. The summed E-state index contributed by atoms with van der Waals surface area (Å²) in [6.45, 7) is 1.75. The maximum Gasteiger partial charge on any atom is 0.308 e. The largest absolute Gasteiger partial charge is 0.481 e. The van der Waals surface area contributed by atoms with Gasteiger partial charge in [-0.3, -0.25) is 14.3 Å². The summed E-state index contributed by atoms with van der Waals surface area (Å²) in [5.41, 5.74) is 1.68. The topological polar surface area (TPSA) is 84.2 Å². The first-order valence-electron chi connectivity index (χ1n) is 8.54. The second-order valence-corrected chi connectivity index (χ2v) is 6.88. The lowest BCUT2D eigenvalue weighted by Crippen LogP contribution is -2.34. The number of rotatable bonds is 6. The molecule has 0 saturated carbocycles. The molecule has 0 bridgehead atoms. The Morgan fingerprint density at radius 3 is 2.56 bits per heavy atom. The molecule has 0 spiro atoms. The van der Waals surface area contributed by atoms with Crippen molar-refractivity contribution in [3.63, 3.8) is 0 Å². The Morgan fingerprint density at radius 2 is 1.93 bits per heavy atom. The molecule has 1 atom stereocenters. The predicted molar refractivity (Wildman–Crippen MR) is 104 cm³/mol.